The average Bonchev–Trinajstić information content (AvgIpc) is 3.54. The van der Waals surface area contributed by atoms with Crippen LogP contribution in [0.2, 0.25) is 0 Å². The molecule has 262 valence electrons. The van der Waals surface area contributed by atoms with E-state index in [-0.39, 0.29) is 54.0 Å². The zero-order valence-corrected chi connectivity index (χ0v) is 28.7. The van der Waals surface area contributed by atoms with Gasteiger partial charge in [-0.25, -0.2) is 18.6 Å². The Kier molecular flexibility index (Phi) is 9.93. The van der Waals surface area contributed by atoms with E-state index in [0.29, 0.717) is 38.2 Å². The number of aromatic nitrogens is 2. The Hall–Kier alpha value is -4.12. The van der Waals surface area contributed by atoms with E-state index >= 15 is 4.39 Å². The second-order valence-electron chi connectivity index (χ2n) is 15.1. The molecule has 0 radical (unpaired) electrons. The molecule has 11 heteroatoms. The molecule has 3 heterocycles. The van der Waals surface area contributed by atoms with Crippen LogP contribution in [0, 0.1) is 23.0 Å². The molecule has 1 N–H and O–H groups in total. The van der Waals surface area contributed by atoms with Crippen LogP contribution in [-0.2, 0) is 11.3 Å². The number of rotatable bonds is 7. The zero-order valence-electron chi connectivity index (χ0n) is 28.7. The Morgan fingerprint density at radius 1 is 1.02 bits per heavy atom. The van der Waals surface area contributed by atoms with Crippen molar-refractivity contribution in [3.8, 4) is 11.3 Å². The van der Waals surface area contributed by atoms with Crippen molar-refractivity contribution in [1.82, 2.24) is 24.3 Å². The van der Waals surface area contributed by atoms with Gasteiger partial charge in [-0.2, -0.15) is 0 Å². The van der Waals surface area contributed by atoms with E-state index in [1.807, 2.05) is 60.9 Å². The van der Waals surface area contributed by atoms with Crippen LogP contribution in [0.5, 0.6) is 0 Å². The zero-order chi connectivity index (χ0) is 34.9. The molecule has 3 aromatic rings. The van der Waals surface area contributed by atoms with Crippen LogP contribution < -0.4 is 5.56 Å². The molecule has 6 rings (SSSR count). The number of carboxylic acid groups (broad SMARTS) is 1. The fourth-order valence-corrected chi connectivity index (χ4v) is 8.63. The SMILES string of the molecule is CC(C)(C)N(CC(=O)O)[C@@H]1CCN(C(=O)N2CC[C@@H](Cn3cnc(-c4ccccc4)cc3=O)C3(CCCC3)C2)[C@H](c2cc(F)ccc2F)C1. The van der Waals surface area contributed by atoms with Gasteiger partial charge in [-0.3, -0.25) is 19.1 Å². The third kappa shape index (κ3) is 7.41. The van der Waals surface area contributed by atoms with Crippen molar-refractivity contribution in [2.24, 2.45) is 11.3 Å². The maximum absolute atomic E-state index is 15.4. The van der Waals surface area contributed by atoms with Gasteiger partial charge in [-0.15, -0.1) is 0 Å². The number of urea groups is 1. The highest BCUT2D eigenvalue weighted by Crippen LogP contribution is 2.50. The minimum atomic E-state index is -0.961. The van der Waals surface area contributed by atoms with Gasteiger partial charge in [-0.05, 0) is 82.4 Å². The van der Waals surface area contributed by atoms with Crippen molar-refractivity contribution in [1.29, 1.82) is 0 Å². The number of carbonyl (C=O) groups is 2. The summed E-state index contributed by atoms with van der Waals surface area (Å²) in [4.78, 5) is 49.6. The summed E-state index contributed by atoms with van der Waals surface area (Å²) in [6, 6.07) is 13.3. The van der Waals surface area contributed by atoms with Gasteiger partial charge >= 0.3 is 12.0 Å². The predicted molar refractivity (Wildman–Crippen MR) is 183 cm³/mol. The maximum Gasteiger partial charge on any atom is 0.320 e. The fraction of sp³-hybridized carbons (Fsp3) is 0.526. The molecule has 0 unspecified atom stereocenters. The molecule has 1 aromatic heterocycles. The topological polar surface area (TPSA) is 99.0 Å². The lowest BCUT2D eigenvalue weighted by atomic mass is 9.69. The largest absolute Gasteiger partial charge is 0.480 e. The number of carbonyl (C=O) groups excluding carboxylic acids is 1. The first kappa shape index (κ1) is 34.7. The number of aliphatic carboxylic acids is 1. The molecule has 2 aliphatic heterocycles. The van der Waals surface area contributed by atoms with E-state index in [9.17, 15) is 23.9 Å². The number of hydrogen-bond donors (Lipinski definition) is 1. The van der Waals surface area contributed by atoms with Gasteiger partial charge in [0.2, 0.25) is 0 Å². The summed E-state index contributed by atoms with van der Waals surface area (Å²) in [5.41, 5.74) is 0.886. The van der Waals surface area contributed by atoms with Crippen LogP contribution in [-0.4, -0.2) is 79.1 Å². The van der Waals surface area contributed by atoms with Gasteiger partial charge in [-0.1, -0.05) is 43.2 Å². The molecule has 1 aliphatic carbocycles. The van der Waals surface area contributed by atoms with Crippen molar-refractivity contribution in [3.63, 3.8) is 0 Å². The standard InChI is InChI=1S/C38H47F2N5O4/c1-37(2,3)45(23-35(47)48)29-14-18-44(33(20-29)30-19-28(39)11-12-31(30)40)36(49)42-17-13-27(38(24-42)15-7-8-16-38)22-43-25-41-32(21-34(43)46)26-9-5-4-6-10-26/h4-6,9-12,19,21,25,27,29,33H,7-8,13-18,20,22-24H2,1-3H3,(H,47,48)/t27-,29+,33-/m0/s1. The number of hydrogen-bond acceptors (Lipinski definition) is 5. The van der Waals surface area contributed by atoms with E-state index in [2.05, 4.69) is 4.98 Å². The number of carboxylic acids is 1. The van der Waals surface area contributed by atoms with E-state index in [1.54, 1.807) is 21.9 Å². The van der Waals surface area contributed by atoms with Crippen LogP contribution in [0.4, 0.5) is 13.6 Å². The third-order valence-corrected chi connectivity index (χ3v) is 11.1. The fourth-order valence-electron chi connectivity index (χ4n) is 8.63. The van der Waals surface area contributed by atoms with Crippen LogP contribution in [0.25, 0.3) is 11.3 Å². The van der Waals surface area contributed by atoms with Gasteiger partial charge in [0, 0.05) is 55.0 Å². The van der Waals surface area contributed by atoms with E-state index in [1.165, 1.54) is 6.07 Å². The lowest BCUT2D eigenvalue weighted by Crippen LogP contribution is -2.59. The molecule has 3 fully saturated rings. The van der Waals surface area contributed by atoms with E-state index < -0.39 is 29.2 Å². The second-order valence-corrected chi connectivity index (χ2v) is 15.1. The molecule has 2 saturated heterocycles. The maximum atomic E-state index is 15.4. The Labute approximate surface area is 286 Å². The third-order valence-electron chi connectivity index (χ3n) is 11.1. The molecule has 1 spiro atoms. The molecular formula is C38H47F2N5O4. The van der Waals surface area contributed by atoms with Crippen molar-refractivity contribution in [3.05, 3.63) is 88.5 Å². The first-order valence-corrected chi connectivity index (χ1v) is 17.5. The quantitative estimate of drug-likeness (QED) is 0.304. The van der Waals surface area contributed by atoms with Gasteiger partial charge in [0.25, 0.3) is 5.56 Å². The van der Waals surface area contributed by atoms with Gasteiger partial charge in [0.1, 0.15) is 11.6 Å². The van der Waals surface area contributed by atoms with Crippen LogP contribution in [0.3, 0.4) is 0 Å². The summed E-state index contributed by atoms with van der Waals surface area (Å²) in [5.74, 6) is -1.96. The van der Waals surface area contributed by atoms with Crippen molar-refractivity contribution < 1.29 is 23.5 Å². The highest BCUT2D eigenvalue weighted by Gasteiger charge is 2.48. The molecule has 3 aliphatic rings. The molecule has 2 aromatic carbocycles. The van der Waals surface area contributed by atoms with E-state index in [4.69, 9.17) is 0 Å². The normalized spacial score (nSPS) is 22.5. The highest BCUT2D eigenvalue weighted by molar-refractivity contribution is 5.75. The van der Waals surface area contributed by atoms with E-state index in [0.717, 1.165) is 43.4 Å². The predicted octanol–water partition coefficient (Wildman–Crippen LogP) is 6.58. The number of benzene rings is 2. The van der Waals surface area contributed by atoms with Crippen molar-refractivity contribution in [2.75, 3.05) is 26.2 Å². The lowest BCUT2D eigenvalue weighted by molar-refractivity contribution is -0.141. The summed E-state index contributed by atoms with van der Waals surface area (Å²) >= 11 is 0. The Bertz CT molecular complexity index is 1720. The lowest BCUT2D eigenvalue weighted by Gasteiger charge is -2.51. The number of nitrogens with zero attached hydrogens (tertiary/aromatic N) is 5. The molecule has 2 amide bonds. The van der Waals surface area contributed by atoms with Gasteiger partial charge in [0.15, 0.2) is 0 Å². The summed E-state index contributed by atoms with van der Waals surface area (Å²) in [5, 5.41) is 9.70. The molecule has 49 heavy (non-hydrogen) atoms. The van der Waals surface area contributed by atoms with Crippen molar-refractivity contribution in [2.45, 2.75) is 89.9 Å². The average molecular weight is 676 g/mol. The molecular weight excluding hydrogens is 628 g/mol. The molecule has 3 atom stereocenters. The Morgan fingerprint density at radius 2 is 1.76 bits per heavy atom. The first-order valence-electron chi connectivity index (χ1n) is 17.5. The Morgan fingerprint density at radius 3 is 2.43 bits per heavy atom. The number of piperidine rings is 2. The summed E-state index contributed by atoms with van der Waals surface area (Å²) in [6.45, 7) is 7.47. The van der Waals surface area contributed by atoms with Crippen molar-refractivity contribution >= 4 is 12.0 Å². The minimum Gasteiger partial charge on any atom is -0.480 e. The number of halogens is 2. The summed E-state index contributed by atoms with van der Waals surface area (Å²) in [7, 11) is 0. The van der Waals surface area contributed by atoms with Crippen LogP contribution in [0.15, 0.2) is 65.7 Å². The smallest absolute Gasteiger partial charge is 0.320 e. The van der Waals surface area contributed by atoms with Gasteiger partial charge in [0.05, 0.1) is 24.6 Å². The Balaban J connectivity index is 1.23. The van der Waals surface area contributed by atoms with Crippen LogP contribution in [0.1, 0.15) is 77.3 Å². The number of likely N-dealkylation sites (tertiary alicyclic amines) is 2. The van der Waals surface area contributed by atoms with Gasteiger partial charge < -0.3 is 14.9 Å². The number of amides is 2. The second kappa shape index (κ2) is 14.0. The summed E-state index contributed by atoms with van der Waals surface area (Å²) < 4.78 is 31.7. The first-order chi connectivity index (χ1) is 23.3. The molecule has 0 bridgehead atoms. The monoisotopic (exact) mass is 675 g/mol. The molecule has 9 nitrogen and oxygen atoms in total. The molecule has 1 saturated carbocycles. The minimum absolute atomic E-state index is 0.101. The highest BCUT2D eigenvalue weighted by atomic mass is 19.1. The van der Waals surface area contributed by atoms with Crippen LogP contribution >= 0.6 is 0 Å². The summed E-state index contributed by atoms with van der Waals surface area (Å²) in [6.07, 6.45) is 7.15.